The molecule has 0 aromatic heterocycles. The fraction of sp³-hybridized carbons (Fsp3) is 0.417. The second-order valence-electron chi connectivity index (χ2n) is 4.21. The average Bonchev–Trinajstić information content (AvgIpc) is 2.37. The molecule has 20 heavy (non-hydrogen) atoms. The van der Waals surface area contributed by atoms with Gasteiger partial charge in [-0.3, -0.25) is 5.32 Å². The van der Waals surface area contributed by atoms with Crippen molar-refractivity contribution in [2.24, 2.45) is 0 Å². The van der Waals surface area contributed by atoms with Crippen LogP contribution in [-0.2, 0) is 15.1 Å². The van der Waals surface area contributed by atoms with Gasteiger partial charge in [-0.05, 0) is 40.5 Å². The van der Waals surface area contributed by atoms with Crippen molar-refractivity contribution in [2.45, 2.75) is 18.6 Å². The van der Waals surface area contributed by atoms with E-state index in [4.69, 9.17) is 0 Å². The largest absolute Gasteiger partial charge is 0.467 e. The van der Waals surface area contributed by atoms with Crippen LogP contribution in [0, 0.1) is 5.82 Å². The summed E-state index contributed by atoms with van der Waals surface area (Å²) < 4.78 is 54.7. The second kappa shape index (κ2) is 6.09. The highest BCUT2D eigenvalue weighted by atomic mass is 79.9. The summed E-state index contributed by atoms with van der Waals surface area (Å²) in [6.45, 7) is -0.141. The molecular formula is C12H12BrF4NO2. The third-order valence-electron chi connectivity index (χ3n) is 2.73. The maximum atomic E-state index is 13.2. The predicted octanol–water partition coefficient (Wildman–Crippen LogP) is 3.13. The Balaban J connectivity index is 3.16. The highest BCUT2D eigenvalue weighted by Gasteiger charge is 2.40. The minimum absolute atomic E-state index is 0.0407. The molecule has 1 unspecified atom stereocenters. The molecule has 8 heteroatoms. The zero-order valence-corrected chi connectivity index (χ0v) is 12.2. The van der Waals surface area contributed by atoms with Crippen LogP contribution < -0.4 is 5.32 Å². The van der Waals surface area contributed by atoms with Crippen molar-refractivity contribution >= 4 is 21.9 Å². The first kappa shape index (κ1) is 16.9. The van der Waals surface area contributed by atoms with Gasteiger partial charge in [0, 0.05) is 0 Å². The van der Waals surface area contributed by atoms with Gasteiger partial charge < -0.3 is 4.74 Å². The van der Waals surface area contributed by atoms with E-state index in [9.17, 15) is 22.4 Å². The summed E-state index contributed by atoms with van der Waals surface area (Å²) in [7, 11) is 1.06. The van der Waals surface area contributed by atoms with Crippen LogP contribution >= 0.6 is 15.9 Å². The molecule has 1 aromatic rings. The van der Waals surface area contributed by atoms with Gasteiger partial charge in [-0.2, -0.15) is 13.2 Å². The highest BCUT2D eigenvalue weighted by Crippen LogP contribution is 2.28. The minimum atomic E-state index is -4.49. The fourth-order valence-electron chi connectivity index (χ4n) is 1.58. The van der Waals surface area contributed by atoms with Crippen molar-refractivity contribution < 1.29 is 27.1 Å². The van der Waals surface area contributed by atoms with E-state index in [1.54, 1.807) is 0 Å². The number of methoxy groups -OCH3 is 1. The fourth-order valence-corrected chi connectivity index (χ4v) is 1.96. The first-order valence-corrected chi connectivity index (χ1v) is 6.25. The number of esters is 1. The van der Waals surface area contributed by atoms with Gasteiger partial charge in [-0.15, -0.1) is 0 Å². The van der Waals surface area contributed by atoms with E-state index < -0.39 is 30.0 Å². The van der Waals surface area contributed by atoms with Gasteiger partial charge >= 0.3 is 12.1 Å². The predicted molar refractivity (Wildman–Crippen MR) is 67.5 cm³/mol. The van der Waals surface area contributed by atoms with Gasteiger partial charge in [0.05, 0.1) is 18.1 Å². The molecule has 0 radical (unpaired) electrons. The van der Waals surface area contributed by atoms with Crippen molar-refractivity contribution in [1.82, 2.24) is 5.32 Å². The highest BCUT2D eigenvalue weighted by molar-refractivity contribution is 9.10. The Bertz CT molecular complexity index is 507. The van der Waals surface area contributed by atoms with Crippen LogP contribution in [-0.4, -0.2) is 25.8 Å². The number of carbonyl (C=O) groups excluding carboxylic acids is 1. The summed E-state index contributed by atoms with van der Waals surface area (Å²) in [4.78, 5) is 11.8. The number of benzene rings is 1. The van der Waals surface area contributed by atoms with E-state index in [2.05, 4.69) is 26.0 Å². The Labute approximate surface area is 121 Å². The quantitative estimate of drug-likeness (QED) is 0.664. The molecule has 0 saturated carbocycles. The first-order chi connectivity index (χ1) is 9.10. The van der Waals surface area contributed by atoms with Crippen molar-refractivity contribution in [3.63, 3.8) is 0 Å². The normalized spacial score (nSPS) is 14.8. The number of nitrogens with one attached hydrogen (secondary N) is 1. The van der Waals surface area contributed by atoms with Crippen LogP contribution in [0.5, 0.6) is 0 Å². The SMILES string of the molecule is COC(=O)C(C)(NCC(F)(F)F)c1ccc(F)c(Br)c1. The van der Waals surface area contributed by atoms with Crippen LogP contribution in [0.4, 0.5) is 17.6 Å². The molecule has 0 fully saturated rings. The molecule has 0 heterocycles. The molecule has 0 bridgehead atoms. The van der Waals surface area contributed by atoms with E-state index in [1.165, 1.54) is 19.1 Å². The number of hydrogen-bond acceptors (Lipinski definition) is 3. The molecule has 3 nitrogen and oxygen atoms in total. The average molecular weight is 358 g/mol. The number of carbonyl (C=O) groups is 1. The van der Waals surface area contributed by atoms with Crippen molar-refractivity contribution in [2.75, 3.05) is 13.7 Å². The van der Waals surface area contributed by atoms with Crippen molar-refractivity contribution in [3.05, 3.63) is 34.1 Å². The van der Waals surface area contributed by atoms with Crippen LogP contribution in [0.3, 0.4) is 0 Å². The molecule has 1 aromatic carbocycles. The van der Waals surface area contributed by atoms with Crippen LogP contribution in [0.2, 0.25) is 0 Å². The molecule has 1 rings (SSSR count). The van der Waals surface area contributed by atoms with Gasteiger partial charge in [0.1, 0.15) is 11.4 Å². The lowest BCUT2D eigenvalue weighted by Gasteiger charge is -2.29. The molecular weight excluding hydrogens is 346 g/mol. The van der Waals surface area contributed by atoms with Gasteiger partial charge in [0.25, 0.3) is 0 Å². The summed E-state index contributed by atoms with van der Waals surface area (Å²) >= 11 is 2.92. The molecule has 1 N–H and O–H groups in total. The minimum Gasteiger partial charge on any atom is -0.467 e. The summed E-state index contributed by atoms with van der Waals surface area (Å²) in [6.07, 6.45) is -4.49. The lowest BCUT2D eigenvalue weighted by Crippen LogP contribution is -2.50. The monoisotopic (exact) mass is 357 g/mol. The van der Waals surface area contributed by atoms with Gasteiger partial charge in [0.2, 0.25) is 0 Å². The number of alkyl halides is 3. The Morgan fingerprint density at radius 3 is 2.45 bits per heavy atom. The maximum absolute atomic E-state index is 13.2. The Morgan fingerprint density at radius 2 is 2.00 bits per heavy atom. The second-order valence-corrected chi connectivity index (χ2v) is 5.07. The molecule has 112 valence electrons. The van der Waals surface area contributed by atoms with E-state index in [-0.39, 0.29) is 10.0 Å². The first-order valence-electron chi connectivity index (χ1n) is 5.46. The molecule has 0 aliphatic rings. The number of hydrogen-bond donors (Lipinski definition) is 1. The smallest absolute Gasteiger partial charge is 0.401 e. The summed E-state index contributed by atoms with van der Waals surface area (Å²) in [6, 6.07) is 3.51. The Kier molecular flexibility index (Phi) is 5.15. The zero-order valence-electron chi connectivity index (χ0n) is 10.6. The molecule has 0 aliphatic heterocycles. The molecule has 1 atom stereocenters. The van der Waals surface area contributed by atoms with Crippen LogP contribution in [0.15, 0.2) is 22.7 Å². The third kappa shape index (κ3) is 3.92. The summed E-state index contributed by atoms with van der Waals surface area (Å²) in [5.41, 5.74) is -1.58. The zero-order chi connectivity index (χ0) is 15.6. The molecule has 0 spiro atoms. The van der Waals surface area contributed by atoms with E-state index in [0.29, 0.717) is 0 Å². The van der Waals surface area contributed by atoms with E-state index >= 15 is 0 Å². The van der Waals surface area contributed by atoms with Crippen LogP contribution in [0.1, 0.15) is 12.5 Å². The molecule has 0 saturated heterocycles. The van der Waals surface area contributed by atoms with E-state index in [0.717, 1.165) is 13.2 Å². The van der Waals surface area contributed by atoms with Gasteiger partial charge in [-0.25, -0.2) is 9.18 Å². The topological polar surface area (TPSA) is 38.3 Å². The van der Waals surface area contributed by atoms with Crippen LogP contribution in [0.25, 0.3) is 0 Å². The third-order valence-corrected chi connectivity index (χ3v) is 3.34. The van der Waals surface area contributed by atoms with E-state index in [1.807, 2.05) is 0 Å². The molecule has 0 amide bonds. The Morgan fingerprint density at radius 1 is 1.40 bits per heavy atom. The lowest BCUT2D eigenvalue weighted by atomic mass is 9.92. The summed E-state index contributed by atoms with van der Waals surface area (Å²) in [5.74, 6) is -1.49. The lowest BCUT2D eigenvalue weighted by molar-refractivity contribution is -0.153. The standard InChI is InChI=1S/C12H12BrF4NO2/c1-11(10(19)20-2,18-6-12(15,16)17)7-3-4-9(14)8(13)5-7/h3-5,18H,6H2,1-2H3. The Hall–Kier alpha value is -1.15. The maximum Gasteiger partial charge on any atom is 0.401 e. The van der Waals surface area contributed by atoms with Crippen molar-refractivity contribution in [3.8, 4) is 0 Å². The van der Waals surface area contributed by atoms with Gasteiger partial charge in [0.15, 0.2) is 0 Å². The summed E-state index contributed by atoms with van der Waals surface area (Å²) in [5, 5.41) is 2.11. The molecule has 0 aliphatic carbocycles. The number of ether oxygens (including phenoxy) is 1. The number of rotatable bonds is 4. The van der Waals surface area contributed by atoms with Gasteiger partial charge in [-0.1, -0.05) is 6.07 Å². The number of halogens is 5. The van der Waals surface area contributed by atoms with Crippen molar-refractivity contribution in [1.29, 1.82) is 0 Å².